The van der Waals surface area contributed by atoms with Crippen molar-refractivity contribution in [2.75, 3.05) is 30.3 Å². The predicted octanol–water partition coefficient (Wildman–Crippen LogP) is 4.52. The summed E-state index contributed by atoms with van der Waals surface area (Å²) in [6, 6.07) is 17.4. The number of benzene rings is 2. The van der Waals surface area contributed by atoms with E-state index in [9.17, 15) is 14.4 Å². The average molecular weight is 477 g/mol. The van der Waals surface area contributed by atoms with Gasteiger partial charge in [0, 0.05) is 35.6 Å². The molecule has 0 aliphatic heterocycles. The Morgan fingerprint density at radius 3 is 2.26 bits per heavy atom. The maximum atomic E-state index is 12.8. The van der Waals surface area contributed by atoms with Crippen molar-refractivity contribution in [2.24, 2.45) is 0 Å². The minimum absolute atomic E-state index is 0.00455. The molecule has 0 radical (unpaired) electrons. The van der Waals surface area contributed by atoms with Crippen LogP contribution in [0.15, 0.2) is 71.3 Å². The Kier molecular flexibility index (Phi) is 9.48. The monoisotopic (exact) mass is 476 g/mol. The van der Waals surface area contributed by atoms with Gasteiger partial charge in [0.1, 0.15) is 5.76 Å². The number of carbonyl (C=O) groups is 3. The zero-order valence-corrected chi connectivity index (χ0v) is 20.2. The number of rotatable bonds is 12. The quantitative estimate of drug-likeness (QED) is 0.357. The lowest BCUT2D eigenvalue weighted by atomic mass is 10.1. The zero-order chi connectivity index (χ0) is 25.0. The van der Waals surface area contributed by atoms with Gasteiger partial charge >= 0.3 is 0 Å². The molecule has 0 aliphatic carbocycles. The van der Waals surface area contributed by atoms with Crippen molar-refractivity contribution in [1.82, 2.24) is 10.2 Å². The minimum Gasteiger partial charge on any atom is -0.467 e. The van der Waals surface area contributed by atoms with E-state index in [-0.39, 0.29) is 24.3 Å². The number of hydrogen-bond acceptors (Lipinski definition) is 5. The van der Waals surface area contributed by atoms with Crippen LogP contribution in [-0.4, -0.2) is 42.3 Å². The standard InChI is InChI=1S/C27H32N4O4/c1-3-14-31(15-4-2)27(34)21-7-5-8-23(17-21)28-19-25(32)30-22-12-10-20(11-13-22)26(33)29-18-24-9-6-16-35-24/h5-13,16-17,28H,3-4,14-15,18-19H2,1-2H3,(H,29,33)(H,30,32). The third-order valence-electron chi connectivity index (χ3n) is 5.27. The Hall–Kier alpha value is -4.07. The Labute approximate surface area is 205 Å². The summed E-state index contributed by atoms with van der Waals surface area (Å²) in [5, 5.41) is 8.64. The maximum absolute atomic E-state index is 12.8. The van der Waals surface area contributed by atoms with Crippen molar-refractivity contribution < 1.29 is 18.8 Å². The molecule has 0 spiro atoms. The first kappa shape index (κ1) is 25.6. The topological polar surface area (TPSA) is 104 Å². The third kappa shape index (κ3) is 7.74. The molecule has 35 heavy (non-hydrogen) atoms. The first-order valence-electron chi connectivity index (χ1n) is 11.8. The molecule has 1 heterocycles. The van der Waals surface area contributed by atoms with Crippen LogP contribution < -0.4 is 16.0 Å². The second-order valence-corrected chi connectivity index (χ2v) is 8.11. The summed E-state index contributed by atoms with van der Waals surface area (Å²) in [6.07, 6.45) is 3.36. The smallest absolute Gasteiger partial charge is 0.253 e. The second-order valence-electron chi connectivity index (χ2n) is 8.11. The highest BCUT2D eigenvalue weighted by Gasteiger charge is 2.15. The molecule has 8 heteroatoms. The Morgan fingerprint density at radius 1 is 0.857 bits per heavy atom. The summed E-state index contributed by atoms with van der Waals surface area (Å²) in [4.78, 5) is 39.3. The molecule has 2 aromatic carbocycles. The summed E-state index contributed by atoms with van der Waals surface area (Å²) in [5.74, 6) is 0.195. The van der Waals surface area contributed by atoms with Gasteiger partial charge < -0.3 is 25.3 Å². The van der Waals surface area contributed by atoms with E-state index in [1.54, 1.807) is 60.9 Å². The van der Waals surface area contributed by atoms with E-state index in [2.05, 4.69) is 29.8 Å². The van der Waals surface area contributed by atoms with Gasteiger partial charge in [-0.3, -0.25) is 14.4 Å². The van der Waals surface area contributed by atoms with E-state index < -0.39 is 0 Å². The molecule has 0 saturated heterocycles. The third-order valence-corrected chi connectivity index (χ3v) is 5.27. The zero-order valence-electron chi connectivity index (χ0n) is 20.2. The SMILES string of the molecule is CCCN(CCC)C(=O)c1cccc(NCC(=O)Nc2ccc(C(=O)NCc3ccco3)cc2)c1. The van der Waals surface area contributed by atoms with Crippen LogP contribution in [0.3, 0.4) is 0 Å². The molecule has 0 unspecified atom stereocenters. The number of anilines is 2. The summed E-state index contributed by atoms with van der Waals surface area (Å²) in [7, 11) is 0. The highest BCUT2D eigenvalue weighted by molar-refractivity contribution is 5.97. The first-order valence-corrected chi connectivity index (χ1v) is 11.8. The molecule has 0 aliphatic rings. The molecule has 0 saturated carbocycles. The second kappa shape index (κ2) is 13.0. The highest BCUT2D eigenvalue weighted by atomic mass is 16.3. The lowest BCUT2D eigenvalue weighted by molar-refractivity contribution is -0.114. The van der Waals surface area contributed by atoms with Crippen molar-refractivity contribution in [3.05, 3.63) is 83.8 Å². The van der Waals surface area contributed by atoms with E-state index in [1.165, 1.54) is 0 Å². The molecule has 3 rings (SSSR count). The molecule has 0 atom stereocenters. The number of furan rings is 1. The summed E-state index contributed by atoms with van der Waals surface area (Å²) in [5.41, 5.74) is 2.35. The summed E-state index contributed by atoms with van der Waals surface area (Å²) in [6.45, 7) is 5.89. The van der Waals surface area contributed by atoms with Gasteiger partial charge in [-0.25, -0.2) is 0 Å². The number of hydrogen-bond donors (Lipinski definition) is 3. The Morgan fingerprint density at radius 2 is 1.60 bits per heavy atom. The van der Waals surface area contributed by atoms with E-state index in [0.29, 0.717) is 34.8 Å². The lowest BCUT2D eigenvalue weighted by Crippen LogP contribution is -2.32. The molecule has 8 nitrogen and oxygen atoms in total. The number of nitrogens with one attached hydrogen (secondary N) is 3. The largest absolute Gasteiger partial charge is 0.467 e. The van der Waals surface area contributed by atoms with Crippen molar-refractivity contribution in [1.29, 1.82) is 0 Å². The molecular formula is C27H32N4O4. The van der Waals surface area contributed by atoms with Gasteiger partial charge in [0.25, 0.3) is 11.8 Å². The maximum Gasteiger partial charge on any atom is 0.253 e. The van der Waals surface area contributed by atoms with Crippen LogP contribution in [0.5, 0.6) is 0 Å². The van der Waals surface area contributed by atoms with Crippen LogP contribution in [0.2, 0.25) is 0 Å². The van der Waals surface area contributed by atoms with Gasteiger partial charge in [-0.05, 0) is 67.4 Å². The van der Waals surface area contributed by atoms with Crippen molar-refractivity contribution in [3.8, 4) is 0 Å². The van der Waals surface area contributed by atoms with Crippen LogP contribution in [0.4, 0.5) is 11.4 Å². The molecule has 1 aromatic heterocycles. The van der Waals surface area contributed by atoms with Gasteiger partial charge in [-0.2, -0.15) is 0 Å². The fraction of sp³-hybridized carbons (Fsp3) is 0.296. The predicted molar refractivity (Wildman–Crippen MR) is 136 cm³/mol. The Bertz CT molecular complexity index is 1100. The fourth-order valence-corrected chi connectivity index (χ4v) is 3.57. The fourth-order valence-electron chi connectivity index (χ4n) is 3.57. The van der Waals surface area contributed by atoms with E-state index >= 15 is 0 Å². The van der Waals surface area contributed by atoms with Crippen LogP contribution in [0.25, 0.3) is 0 Å². The molecule has 184 valence electrons. The van der Waals surface area contributed by atoms with E-state index in [4.69, 9.17) is 4.42 Å². The molecule has 3 N–H and O–H groups in total. The normalized spacial score (nSPS) is 10.5. The Balaban J connectivity index is 1.49. The van der Waals surface area contributed by atoms with E-state index in [0.717, 1.165) is 25.9 Å². The van der Waals surface area contributed by atoms with Crippen LogP contribution in [0.1, 0.15) is 53.2 Å². The summed E-state index contributed by atoms with van der Waals surface area (Å²) >= 11 is 0. The molecule has 0 bridgehead atoms. The van der Waals surface area contributed by atoms with Crippen molar-refractivity contribution >= 4 is 29.1 Å². The van der Waals surface area contributed by atoms with Crippen LogP contribution >= 0.6 is 0 Å². The lowest BCUT2D eigenvalue weighted by Gasteiger charge is -2.21. The molecule has 3 aromatic rings. The van der Waals surface area contributed by atoms with Crippen LogP contribution in [0, 0.1) is 0 Å². The van der Waals surface area contributed by atoms with Crippen LogP contribution in [-0.2, 0) is 11.3 Å². The number of carbonyl (C=O) groups excluding carboxylic acids is 3. The molecule has 0 fully saturated rings. The minimum atomic E-state index is -0.240. The van der Waals surface area contributed by atoms with Crippen molar-refractivity contribution in [2.45, 2.75) is 33.2 Å². The first-order chi connectivity index (χ1) is 17.0. The van der Waals surface area contributed by atoms with E-state index in [1.807, 2.05) is 11.0 Å². The highest BCUT2D eigenvalue weighted by Crippen LogP contribution is 2.14. The van der Waals surface area contributed by atoms with Gasteiger partial charge in [0.15, 0.2) is 0 Å². The van der Waals surface area contributed by atoms with Gasteiger partial charge in [0.2, 0.25) is 5.91 Å². The van der Waals surface area contributed by atoms with Crippen molar-refractivity contribution in [3.63, 3.8) is 0 Å². The molecular weight excluding hydrogens is 444 g/mol. The molecule has 3 amide bonds. The van der Waals surface area contributed by atoms with Gasteiger partial charge in [-0.1, -0.05) is 19.9 Å². The van der Waals surface area contributed by atoms with Gasteiger partial charge in [-0.15, -0.1) is 0 Å². The number of nitrogens with zero attached hydrogens (tertiary/aromatic N) is 1. The van der Waals surface area contributed by atoms with Gasteiger partial charge in [0.05, 0.1) is 19.4 Å². The average Bonchev–Trinajstić information content (AvgIpc) is 3.40. The number of amides is 3. The summed E-state index contributed by atoms with van der Waals surface area (Å²) < 4.78 is 5.20.